The zero-order valence-electron chi connectivity index (χ0n) is 3.00. The summed E-state index contributed by atoms with van der Waals surface area (Å²) in [5, 5.41) is 0. The molecule has 0 aliphatic carbocycles. The summed E-state index contributed by atoms with van der Waals surface area (Å²) in [6.45, 7) is 0. The van der Waals surface area contributed by atoms with Crippen LogP contribution in [0.25, 0.3) is 0 Å². The molecule has 0 unspecified atom stereocenters. The molecule has 0 aliphatic heterocycles. The first kappa shape index (κ1) is 2270. The highest BCUT2D eigenvalue weighted by Gasteiger charge is -0.407. The van der Waals surface area contributed by atoms with E-state index in [1.165, 1.54) is 0 Å². The maximum Gasteiger partial charge on any atom is -0.412 e. The SMILES string of the molecule is O.O.O.O.O.O. The van der Waals surface area contributed by atoms with E-state index >= 15 is 0 Å². The lowest BCUT2D eigenvalue weighted by Gasteiger charge is -0.413. The van der Waals surface area contributed by atoms with Crippen molar-refractivity contribution >= 4 is 0 Å². The van der Waals surface area contributed by atoms with Crippen LogP contribution in [0.2, 0.25) is 0 Å². The largest absolute Gasteiger partial charge is 0.412 e. The van der Waals surface area contributed by atoms with Crippen LogP contribution in [0.15, 0.2) is 0 Å². The predicted octanol–water partition coefficient (Wildman–Crippen LogP) is -4.95. The molecule has 6 heavy (non-hydrogen) atoms. The zero-order chi connectivity index (χ0) is 0. The third kappa shape index (κ3) is 497. The van der Waals surface area contributed by atoms with Crippen LogP contribution in [-0.2, 0) is 0 Å². The molecule has 0 aromatic carbocycles. The van der Waals surface area contributed by atoms with Crippen LogP contribution >= 0.6 is 0 Å². The van der Waals surface area contributed by atoms with Gasteiger partial charge >= 0.3 is 0 Å². The second kappa shape index (κ2) is 1170. The van der Waals surface area contributed by atoms with Gasteiger partial charge in [-0.2, -0.15) is 0 Å². The van der Waals surface area contributed by atoms with Crippen molar-refractivity contribution in [3.63, 3.8) is 0 Å². The molecule has 0 amide bonds. The van der Waals surface area contributed by atoms with E-state index < -0.39 is 0 Å². The minimum atomic E-state index is 0. The Balaban J connectivity index is 0. The van der Waals surface area contributed by atoms with Gasteiger partial charge in [-0.1, -0.05) is 0 Å². The molecule has 0 spiro atoms. The monoisotopic (exact) mass is 108 g/mol. The van der Waals surface area contributed by atoms with E-state index in [0.29, 0.717) is 0 Å². The minimum Gasteiger partial charge on any atom is -0.412 e. The number of hydrogen-bond acceptors (Lipinski definition) is 0. The molecule has 12 N–H and O–H groups in total. The van der Waals surface area contributed by atoms with E-state index in [2.05, 4.69) is 0 Å². The molecule has 0 aromatic heterocycles. The molecule has 0 aliphatic rings. The first-order valence-electron chi connectivity index (χ1n) is 0. The van der Waals surface area contributed by atoms with Crippen molar-refractivity contribution in [2.24, 2.45) is 0 Å². The zero-order valence-corrected chi connectivity index (χ0v) is 3.00. The van der Waals surface area contributed by atoms with Crippen molar-refractivity contribution < 1.29 is 32.9 Å². The van der Waals surface area contributed by atoms with E-state index in [0.717, 1.165) is 0 Å². The van der Waals surface area contributed by atoms with Gasteiger partial charge < -0.3 is 32.9 Å². The maximum absolute atomic E-state index is 0. The Morgan fingerprint density at radius 1 is 0.167 bits per heavy atom. The highest BCUT2D eigenvalue weighted by molar-refractivity contribution is 0.829. The van der Waals surface area contributed by atoms with E-state index in [-0.39, 0.29) is 32.9 Å². The lowest BCUT2D eigenvalue weighted by molar-refractivity contribution is 0.823. The Hall–Kier alpha value is -0.240. The highest BCUT2D eigenvalue weighted by Crippen LogP contribution is -0.284. The highest BCUT2D eigenvalue weighted by atomic mass is 16.0. The smallest absolute Gasteiger partial charge is 0.412 e. The van der Waals surface area contributed by atoms with Crippen LogP contribution in [0.1, 0.15) is 0 Å². The Bertz CT molecular complexity index is 0. The van der Waals surface area contributed by atoms with Crippen molar-refractivity contribution in [3.05, 3.63) is 0 Å². The summed E-state index contributed by atoms with van der Waals surface area (Å²) in [6, 6.07) is 0. The van der Waals surface area contributed by atoms with Gasteiger partial charge in [-0.15, -0.1) is 0 Å². The third-order valence-corrected chi connectivity index (χ3v) is 0. The fraction of sp³-hybridized carbons (Fsp3) is 0. The molecule has 0 heterocycles. The molecule has 0 rings (SSSR count). The van der Waals surface area contributed by atoms with Crippen molar-refractivity contribution in [2.75, 3.05) is 0 Å². The Morgan fingerprint density at radius 2 is 0.167 bits per heavy atom. The molecule has 0 fully saturated rings. The lowest BCUT2D eigenvalue weighted by Crippen LogP contribution is -0.290. The Labute approximate surface area is 34.3 Å². The molecule has 0 saturated carbocycles. The normalized spacial score (nSPS) is 0. The van der Waals surface area contributed by atoms with Crippen LogP contribution in [0.4, 0.5) is 0 Å². The van der Waals surface area contributed by atoms with Crippen LogP contribution in [-0.4, -0.2) is 32.9 Å². The fourth-order valence-corrected chi connectivity index (χ4v) is 0. The van der Waals surface area contributed by atoms with Crippen molar-refractivity contribution in [2.45, 2.75) is 0 Å². The summed E-state index contributed by atoms with van der Waals surface area (Å²) >= 11 is 0. The first-order chi connectivity index (χ1) is 0. The van der Waals surface area contributed by atoms with Gasteiger partial charge in [-0.25, -0.2) is 0 Å². The Morgan fingerprint density at radius 3 is 0.167 bits per heavy atom. The fourth-order valence-electron chi connectivity index (χ4n) is 0. The number of hydrogen-bond donors (Lipinski definition) is 0. The molecule has 0 aromatic rings. The third-order valence-electron chi connectivity index (χ3n) is 0. The standard InChI is InChI=1S/6H2O/h6*1H2. The molecular formula is H12O6. The summed E-state index contributed by atoms with van der Waals surface area (Å²) in [6.07, 6.45) is 0. The van der Waals surface area contributed by atoms with Gasteiger partial charge in [0.2, 0.25) is 0 Å². The summed E-state index contributed by atoms with van der Waals surface area (Å²) in [4.78, 5) is 0. The average Bonchev–Trinajstić information content (AvgIpc) is 0. The summed E-state index contributed by atoms with van der Waals surface area (Å²) in [7, 11) is 0. The van der Waals surface area contributed by atoms with Crippen molar-refractivity contribution in [1.29, 1.82) is 0 Å². The molecule has 0 atom stereocenters. The van der Waals surface area contributed by atoms with Gasteiger partial charge in [0.05, 0.1) is 0 Å². The van der Waals surface area contributed by atoms with Gasteiger partial charge in [-0.3, -0.25) is 0 Å². The second-order valence-corrected chi connectivity index (χ2v) is 0. The van der Waals surface area contributed by atoms with Crippen molar-refractivity contribution in [1.82, 2.24) is 0 Å². The van der Waals surface area contributed by atoms with Crippen LogP contribution in [0.3, 0.4) is 0 Å². The van der Waals surface area contributed by atoms with E-state index in [9.17, 15) is 0 Å². The lowest BCUT2D eigenvalue weighted by atomic mass is 16.0. The van der Waals surface area contributed by atoms with E-state index in [1.807, 2.05) is 0 Å². The Kier molecular flexibility index (Phi) is 441000. The minimum absolute atomic E-state index is 0. The topological polar surface area (TPSA) is 189 Å². The average molecular weight is 108 g/mol. The van der Waals surface area contributed by atoms with Crippen LogP contribution < -0.4 is 0 Å². The van der Waals surface area contributed by atoms with Crippen molar-refractivity contribution in [3.8, 4) is 0 Å². The van der Waals surface area contributed by atoms with Crippen LogP contribution in [0.5, 0.6) is 0 Å². The first-order valence-corrected chi connectivity index (χ1v) is 0. The summed E-state index contributed by atoms with van der Waals surface area (Å²) < 4.78 is 0. The van der Waals surface area contributed by atoms with E-state index in [1.54, 1.807) is 0 Å². The quantitative estimate of drug-likeness (QED) is 0.287. The van der Waals surface area contributed by atoms with Gasteiger partial charge in [-0.05, 0) is 0 Å². The van der Waals surface area contributed by atoms with E-state index in [4.69, 9.17) is 0 Å². The van der Waals surface area contributed by atoms with Crippen LogP contribution in [0, 0.1) is 0 Å². The van der Waals surface area contributed by atoms with Gasteiger partial charge in [0, 0.05) is 0 Å². The molecule has 0 bridgehead atoms. The van der Waals surface area contributed by atoms with Gasteiger partial charge in [0.25, 0.3) is 0 Å². The summed E-state index contributed by atoms with van der Waals surface area (Å²) in [5.74, 6) is 0. The second-order valence-electron chi connectivity index (χ2n) is 0. The maximum atomic E-state index is 0. The molecule has 6 heteroatoms. The summed E-state index contributed by atoms with van der Waals surface area (Å²) in [5.41, 5.74) is 0. The molecular weight excluding hydrogens is 96.0 g/mol. The molecule has 6 nitrogen and oxygen atoms in total. The van der Waals surface area contributed by atoms with Gasteiger partial charge in [0.1, 0.15) is 0 Å². The molecule has 0 radical (unpaired) electrons. The predicted molar refractivity (Wildman–Crippen MR) is 21.7 cm³/mol. The number of rotatable bonds is 0. The van der Waals surface area contributed by atoms with Gasteiger partial charge in [0.15, 0.2) is 0 Å². The molecule has 0 saturated heterocycles. The molecule has 48 valence electrons.